The second-order valence-electron chi connectivity index (χ2n) is 3.84. The number of hydrazine groups is 1. The molecule has 2 N–H and O–H groups in total. The summed E-state index contributed by atoms with van der Waals surface area (Å²) in [6.45, 7) is -0.335. The molecular formula is C13H10Cl2N2O4. The smallest absolute Gasteiger partial charge is 0.305 e. The summed E-state index contributed by atoms with van der Waals surface area (Å²) < 4.78 is 10.1. The van der Waals surface area contributed by atoms with Crippen LogP contribution in [0.1, 0.15) is 10.6 Å². The zero-order valence-corrected chi connectivity index (χ0v) is 12.1. The van der Waals surface area contributed by atoms with Crippen LogP contribution < -0.4 is 15.6 Å². The van der Waals surface area contributed by atoms with E-state index in [9.17, 15) is 9.59 Å². The SMILES string of the molecule is O=C(COc1cc(Cl)ccc1Cl)NNC(=O)c1ccco1. The van der Waals surface area contributed by atoms with Gasteiger partial charge in [0.2, 0.25) is 0 Å². The summed E-state index contributed by atoms with van der Waals surface area (Å²) in [5, 5.41) is 0.757. The van der Waals surface area contributed by atoms with Crippen LogP contribution in [-0.4, -0.2) is 18.4 Å². The molecule has 2 amide bonds. The number of rotatable bonds is 4. The van der Waals surface area contributed by atoms with E-state index < -0.39 is 11.8 Å². The fourth-order valence-corrected chi connectivity index (χ4v) is 1.70. The molecule has 0 spiro atoms. The van der Waals surface area contributed by atoms with Crippen molar-refractivity contribution in [1.82, 2.24) is 10.9 Å². The van der Waals surface area contributed by atoms with E-state index in [0.29, 0.717) is 10.0 Å². The van der Waals surface area contributed by atoms with E-state index >= 15 is 0 Å². The number of ether oxygens (including phenoxy) is 1. The maximum atomic E-state index is 11.5. The first-order valence-electron chi connectivity index (χ1n) is 5.77. The van der Waals surface area contributed by atoms with Gasteiger partial charge in [-0.05, 0) is 24.3 Å². The lowest BCUT2D eigenvalue weighted by Gasteiger charge is -2.09. The summed E-state index contributed by atoms with van der Waals surface area (Å²) in [5.74, 6) is -0.786. The second-order valence-corrected chi connectivity index (χ2v) is 4.69. The Bertz CT molecular complexity index is 644. The number of benzene rings is 1. The minimum atomic E-state index is -0.575. The molecule has 0 fully saturated rings. The van der Waals surface area contributed by atoms with E-state index in [1.165, 1.54) is 18.4 Å². The first-order valence-corrected chi connectivity index (χ1v) is 6.52. The standard InChI is InChI=1S/C13H10Cl2N2O4/c14-8-3-4-9(15)11(6-8)21-7-12(18)16-17-13(19)10-2-1-5-20-10/h1-6H,7H2,(H,16,18)(H,17,19). The van der Waals surface area contributed by atoms with Crippen molar-refractivity contribution in [3.8, 4) is 5.75 Å². The monoisotopic (exact) mass is 328 g/mol. The van der Waals surface area contributed by atoms with Crippen LogP contribution in [0, 0.1) is 0 Å². The molecule has 1 aromatic heterocycles. The normalized spacial score (nSPS) is 10.0. The highest BCUT2D eigenvalue weighted by molar-refractivity contribution is 6.34. The summed E-state index contributed by atoms with van der Waals surface area (Å²) in [4.78, 5) is 23.0. The summed E-state index contributed by atoms with van der Waals surface area (Å²) in [6.07, 6.45) is 1.35. The third kappa shape index (κ3) is 4.40. The molecule has 8 heteroatoms. The Hall–Kier alpha value is -2.18. The average Bonchev–Trinajstić information content (AvgIpc) is 3.00. The molecule has 1 heterocycles. The predicted octanol–water partition coefficient (Wildman–Crippen LogP) is 2.43. The second kappa shape index (κ2) is 7.01. The Labute approximate surface area is 129 Å². The van der Waals surface area contributed by atoms with Crippen LogP contribution in [0.3, 0.4) is 0 Å². The Kier molecular flexibility index (Phi) is 5.08. The molecule has 0 bridgehead atoms. The van der Waals surface area contributed by atoms with Crippen molar-refractivity contribution in [2.24, 2.45) is 0 Å². The summed E-state index contributed by atoms with van der Waals surface area (Å²) in [7, 11) is 0. The fourth-order valence-electron chi connectivity index (χ4n) is 1.36. The lowest BCUT2D eigenvalue weighted by Crippen LogP contribution is -2.43. The summed E-state index contributed by atoms with van der Waals surface area (Å²) in [6, 6.07) is 7.65. The van der Waals surface area contributed by atoms with Gasteiger partial charge >= 0.3 is 5.91 Å². The Balaban J connectivity index is 1.80. The highest BCUT2D eigenvalue weighted by Gasteiger charge is 2.10. The van der Waals surface area contributed by atoms with Crippen LogP contribution in [0.15, 0.2) is 41.0 Å². The number of carbonyl (C=O) groups excluding carboxylic acids is 2. The first kappa shape index (κ1) is 15.2. The molecule has 1 aromatic carbocycles. The number of carbonyl (C=O) groups is 2. The molecule has 2 rings (SSSR count). The third-order valence-electron chi connectivity index (χ3n) is 2.31. The van der Waals surface area contributed by atoms with Gasteiger partial charge in [-0.25, -0.2) is 0 Å². The van der Waals surface area contributed by atoms with E-state index in [0.717, 1.165) is 0 Å². The van der Waals surface area contributed by atoms with E-state index in [1.54, 1.807) is 18.2 Å². The van der Waals surface area contributed by atoms with Crippen molar-refractivity contribution >= 4 is 35.0 Å². The van der Waals surface area contributed by atoms with E-state index in [2.05, 4.69) is 10.9 Å². The summed E-state index contributed by atoms with van der Waals surface area (Å²) in [5.41, 5.74) is 4.35. The van der Waals surface area contributed by atoms with Gasteiger partial charge in [-0.1, -0.05) is 23.2 Å². The van der Waals surface area contributed by atoms with Gasteiger partial charge in [-0.2, -0.15) is 0 Å². The van der Waals surface area contributed by atoms with Crippen LogP contribution in [0.25, 0.3) is 0 Å². The molecule has 0 unspecified atom stereocenters. The number of hydrogen-bond donors (Lipinski definition) is 2. The Morgan fingerprint density at radius 3 is 2.71 bits per heavy atom. The number of amides is 2. The minimum Gasteiger partial charge on any atom is -0.482 e. The topological polar surface area (TPSA) is 80.6 Å². The van der Waals surface area contributed by atoms with Gasteiger partial charge < -0.3 is 9.15 Å². The fraction of sp³-hybridized carbons (Fsp3) is 0.0769. The van der Waals surface area contributed by atoms with Gasteiger partial charge in [0.15, 0.2) is 12.4 Å². The molecule has 0 aliphatic rings. The van der Waals surface area contributed by atoms with E-state index in [4.69, 9.17) is 32.4 Å². The van der Waals surface area contributed by atoms with Crippen molar-refractivity contribution in [1.29, 1.82) is 0 Å². The first-order chi connectivity index (χ1) is 10.1. The Morgan fingerprint density at radius 1 is 1.19 bits per heavy atom. The van der Waals surface area contributed by atoms with Crippen LogP contribution in [0.5, 0.6) is 5.75 Å². The molecule has 0 atom stereocenters. The molecule has 0 aliphatic heterocycles. The van der Waals surface area contributed by atoms with Crippen LogP contribution in [0.2, 0.25) is 10.0 Å². The molecule has 110 valence electrons. The summed E-state index contributed by atoms with van der Waals surface area (Å²) >= 11 is 11.7. The largest absolute Gasteiger partial charge is 0.482 e. The Morgan fingerprint density at radius 2 is 2.00 bits per heavy atom. The van der Waals surface area contributed by atoms with Gasteiger partial charge in [0.1, 0.15) is 5.75 Å². The van der Waals surface area contributed by atoms with Crippen molar-refractivity contribution in [2.75, 3.05) is 6.61 Å². The van der Waals surface area contributed by atoms with Gasteiger partial charge in [-0.15, -0.1) is 0 Å². The molecule has 0 saturated carbocycles. The number of hydrogen-bond acceptors (Lipinski definition) is 4. The van der Waals surface area contributed by atoms with Crippen molar-refractivity contribution in [2.45, 2.75) is 0 Å². The van der Waals surface area contributed by atoms with Gasteiger partial charge in [0, 0.05) is 11.1 Å². The molecule has 0 radical (unpaired) electrons. The number of halogens is 2. The quantitative estimate of drug-likeness (QED) is 0.844. The maximum absolute atomic E-state index is 11.5. The molecular weight excluding hydrogens is 319 g/mol. The van der Waals surface area contributed by atoms with Gasteiger partial charge in [0.05, 0.1) is 11.3 Å². The molecule has 0 aliphatic carbocycles. The number of nitrogens with one attached hydrogen (secondary N) is 2. The zero-order chi connectivity index (χ0) is 15.2. The van der Waals surface area contributed by atoms with Crippen LogP contribution >= 0.6 is 23.2 Å². The highest BCUT2D eigenvalue weighted by atomic mass is 35.5. The van der Waals surface area contributed by atoms with E-state index in [-0.39, 0.29) is 18.1 Å². The molecule has 2 aromatic rings. The predicted molar refractivity (Wildman–Crippen MR) is 76.3 cm³/mol. The minimum absolute atomic E-state index is 0.0779. The lowest BCUT2D eigenvalue weighted by atomic mass is 10.3. The number of furan rings is 1. The molecule has 6 nitrogen and oxygen atoms in total. The van der Waals surface area contributed by atoms with Gasteiger partial charge in [0.25, 0.3) is 5.91 Å². The zero-order valence-electron chi connectivity index (χ0n) is 10.6. The van der Waals surface area contributed by atoms with Crippen molar-refractivity contribution in [3.05, 3.63) is 52.4 Å². The van der Waals surface area contributed by atoms with Gasteiger partial charge in [-0.3, -0.25) is 20.4 Å². The van der Waals surface area contributed by atoms with E-state index in [1.807, 2.05) is 0 Å². The van der Waals surface area contributed by atoms with Crippen molar-refractivity contribution in [3.63, 3.8) is 0 Å². The van der Waals surface area contributed by atoms with Crippen molar-refractivity contribution < 1.29 is 18.7 Å². The third-order valence-corrected chi connectivity index (χ3v) is 2.86. The van der Waals surface area contributed by atoms with Crippen LogP contribution in [-0.2, 0) is 4.79 Å². The van der Waals surface area contributed by atoms with Crippen LogP contribution in [0.4, 0.5) is 0 Å². The lowest BCUT2D eigenvalue weighted by molar-refractivity contribution is -0.123. The highest BCUT2D eigenvalue weighted by Crippen LogP contribution is 2.27. The maximum Gasteiger partial charge on any atom is 0.305 e. The molecule has 0 saturated heterocycles. The molecule has 21 heavy (non-hydrogen) atoms. The average molecular weight is 329 g/mol.